The Labute approximate surface area is 55.0 Å². The second-order valence-corrected chi connectivity index (χ2v) is 2.36. The Balaban J connectivity index is 2.73. The standard InChI is InChI=1S/C3H6OP.In/c1-2-3-4-5;/h2-3H,1,5H2;/b3-2-;. The molecule has 0 aromatic rings. The fourth-order valence-corrected chi connectivity index (χ4v) is 0.539. The van der Waals surface area contributed by atoms with E-state index in [1.165, 1.54) is 28.6 Å². The first kappa shape index (κ1) is 6.84. The summed E-state index contributed by atoms with van der Waals surface area (Å²) in [7, 11) is 2.16. The molecule has 0 aliphatic carbocycles. The van der Waals surface area contributed by atoms with Gasteiger partial charge in [0, 0.05) is 0 Å². The molecule has 0 saturated heterocycles. The van der Waals surface area contributed by atoms with Crippen molar-refractivity contribution in [2.75, 3.05) is 0 Å². The van der Waals surface area contributed by atoms with Gasteiger partial charge in [-0.3, -0.25) is 0 Å². The number of hydrogen-bond acceptors (Lipinski definition) is 1. The van der Waals surface area contributed by atoms with Gasteiger partial charge in [0.1, 0.15) is 0 Å². The van der Waals surface area contributed by atoms with Crippen LogP contribution in [0.2, 0.25) is 4.18 Å². The van der Waals surface area contributed by atoms with Crippen LogP contribution in [0.25, 0.3) is 0 Å². The molecule has 1 atom stereocenters. The predicted octanol–water partition coefficient (Wildman–Crippen LogP) is 0.894. The minimum absolute atomic E-state index is 1.17. The van der Waals surface area contributed by atoms with Crippen molar-refractivity contribution < 1.29 is 4.52 Å². The molecule has 32 valence electrons. The van der Waals surface area contributed by atoms with Crippen LogP contribution in [-0.2, 0) is 4.52 Å². The van der Waals surface area contributed by atoms with Gasteiger partial charge >= 0.3 is 54.9 Å². The Morgan fingerprint density at radius 2 is 2.50 bits per heavy atom. The molecule has 0 rings (SSSR count). The van der Waals surface area contributed by atoms with Gasteiger partial charge in [-0.2, -0.15) is 0 Å². The second kappa shape index (κ2) is 5.84. The van der Waals surface area contributed by atoms with Crippen molar-refractivity contribution in [3.05, 3.63) is 12.3 Å². The van der Waals surface area contributed by atoms with Crippen molar-refractivity contribution in [1.29, 1.82) is 0 Å². The summed E-state index contributed by atoms with van der Waals surface area (Å²) < 4.78 is 5.71. The van der Waals surface area contributed by atoms with Crippen LogP contribution in [0.5, 0.6) is 0 Å². The summed E-state index contributed by atoms with van der Waals surface area (Å²) in [5, 5.41) is 0. The van der Waals surface area contributed by atoms with E-state index >= 15 is 0 Å². The molecule has 0 aliphatic rings. The molecule has 0 aromatic carbocycles. The van der Waals surface area contributed by atoms with Crippen LogP contribution in [0.4, 0.5) is 0 Å². The molecule has 1 unspecified atom stereocenters. The van der Waals surface area contributed by atoms with E-state index in [-0.39, 0.29) is 0 Å². The molecule has 1 nitrogen and oxygen atoms in total. The maximum absolute atomic E-state index is 4.54. The summed E-state index contributed by atoms with van der Waals surface area (Å²) in [6, 6.07) is 0. The van der Waals surface area contributed by atoms with Gasteiger partial charge in [-0.05, 0) is 0 Å². The molecule has 0 aliphatic heterocycles. The van der Waals surface area contributed by atoms with Gasteiger partial charge in [0.05, 0.1) is 0 Å². The molecule has 0 N–H and O–H groups in total. The third-order valence-electron chi connectivity index (χ3n) is 0.311. The van der Waals surface area contributed by atoms with E-state index in [1.54, 1.807) is 6.26 Å². The van der Waals surface area contributed by atoms with Gasteiger partial charge in [0.15, 0.2) is 0 Å². The van der Waals surface area contributed by atoms with E-state index in [1.807, 2.05) is 6.08 Å². The molecular formula is C3H6InOP. The van der Waals surface area contributed by atoms with Crippen molar-refractivity contribution in [3.8, 4) is 0 Å². The number of rotatable bonds is 2. The van der Waals surface area contributed by atoms with E-state index < -0.39 is 0 Å². The van der Waals surface area contributed by atoms with E-state index in [4.69, 9.17) is 0 Å². The van der Waals surface area contributed by atoms with Crippen LogP contribution < -0.4 is 0 Å². The van der Waals surface area contributed by atoms with Crippen LogP contribution >= 0.6 is 9.47 Å². The van der Waals surface area contributed by atoms with E-state index in [9.17, 15) is 0 Å². The first-order chi connectivity index (χ1) is 2.91. The summed E-state index contributed by atoms with van der Waals surface area (Å²) in [6.07, 6.45) is 3.67. The van der Waals surface area contributed by atoms with Crippen LogP contribution in [0.3, 0.4) is 0 Å². The van der Waals surface area contributed by atoms with E-state index in [0.29, 0.717) is 0 Å². The molecule has 0 bridgehead atoms. The van der Waals surface area contributed by atoms with Crippen LogP contribution in [-0.4, -0.2) is 24.4 Å². The average Bonchev–Trinajstić information content (AvgIpc) is 1.61. The molecule has 2 radical (unpaired) electrons. The Bertz CT molecular complexity index is 40.1. The zero-order valence-electron chi connectivity index (χ0n) is 3.42. The molecular weight excluding hydrogens is 198 g/mol. The van der Waals surface area contributed by atoms with Crippen molar-refractivity contribution >= 4 is 33.8 Å². The Morgan fingerprint density at radius 3 is 2.67 bits per heavy atom. The molecule has 6 heavy (non-hydrogen) atoms. The van der Waals surface area contributed by atoms with Gasteiger partial charge in [0.25, 0.3) is 0 Å². The minimum atomic E-state index is 1.17. The predicted molar refractivity (Wildman–Crippen MR) is 30.5 cm³/mol. The molecule has 0 fully saturated rings. The fourth-order valence-electron chi connectivity index (χ4n) is 0.111. The number of allylic oxidation sites excluding steroid dienone is 1. The average molecular weight is 204 g/mol. The van der Waals surface area contributed by atoms with Crippen molar-refractivity contribution in [2.24, 2.45) is 0 Å². The third kappa shape index (κ3) is 4.84. The van der Waals surface area contributed by atoms with E-state index in [0.717, 1.165) is 0 Å². The molecule has 3 heteroatoms. The molecule has 0 aromatic heterocycles. The fraction of sp³-hybridized carbons (Fsp3) is 0.333. The summed E-state index contributed by atoms with van der Waals surface area (Å²) in [6.45, 7) is 0. The summed E-state index contributed by atoms with van der Waals surface area (Å²) in [4.78, 5) is 0. The van der Waals surface area contributed by atoms with Crippen LogP contribution in [0.1, 0.15) is 0 Å². The molecule has 0 heterocycles. The van der Waals surface area contributed by atoms with Gasteiger partial charge in [-0.1, -0.05) is 0 Å². The van der Waals surface area contributed by atoms with Crippen LogP contribution in [0.15, 0.2) is 12.3 Å². The maximum atomic E-state index is 4.54. The summed E-state index contributed by atoms with van der Waals surface area (Å²) in [5.74, 6) is 0. The van der Waals surface area contributed by atoms with Crippen molar-refractivity contribution in [1.82, 2.24) is 0 Å². The van der Waals surface area contributed by atoms with Gasteiger partial charge < -0.3 is 0 Å². The first-order valence-corrected chi connectivity index (χ1v) is 4.42. The van der Waals surface area contributed by atoms with Crippen molar-refractivity contribution in [2.45, 2.75) is 4.18 Å². The van der Waals surface area contributed by atoms with Gasteiger partial charge in [-0.15, -0.1) is 0 Å². The van der Waals surface area contributed by atoms with Gasteiger partial charge in [-0.25, -0.2) is 0 Å². The summed E-state index contributed by atoms with van der Waals surface area (Å²) in [5.41, 5.74) is 0. The molecule has 0 amide bonds. The van der Waals surface area contributed by atoms with Crippen LogP contribution in [0, 0.1) is 0 Å². The topological polar surface area (TPSA) is 9.23 Å². The quantitative estimate of drug-likeness (QED) is 0.479. The Hall–Kier alpha value is 0.840. The Morgan fingerprint density at radius 1 is 1.83 bits per heavy atom. The summed E-state index contributed by atoms with van der Waals surface area (Å²) >= 11 is 1.28. The van der Waals surface area contributed by atoms with Gasteiger partial charge in [0.2, 0.25) is 0 Å². The van der Waals surface area contributed by atoms with E-state index in [2.05, 4.69) is 14.0 Å². The second-order valence-electron chi connectivity index (χ2n) is 0.744. The zero-order chi connectivity index (χ0) is 4.83. The van der Waals surface area contributed by atoms with Crippen molar-refractivity contribution in [3.63, 3.8) is 0 Å². The third-order valence-corrected chi connectivity index (χ3v) is 1.24. The monoisotopic (exact) mass is 204 g/mol. The number of hydrogen-bond donors (Lipinski definition) is 0. The molecule has 0 saturated carbocycles. The first-order valence-electron chi connectivity index (χ1n) is 1.62. The normalized spacial score (nSPS) is 9.50. The SMILES string of the molecule is PO/C=C\[CH2][In]. The zero-order valence-corrected chi connectivity index (χ0v) is 7.88. The molecule has 0 spiro atoms. The Kier molecular flexibility index (Phi) is 6.66.